The Hall–Kier alpha value is -1.60. The number of hydrogen-bond acceptors (Lipinski definition) is 4. The van der Waals surface area contributed by atoms with Gasteiger partial charge in [-0.1, -0.05) is 13.8 Å². The molecule has 1 rings (SSSR count). The summed E-state index contributed by atoms with van der Waals surface area (Å²) in [5.74, 6) is -1.25. The molecule has 18 heavy (non-hydrogen) atoms. The fourth-order valence-corrected chi connectivity index (χ4v) is 3.08. The van der Waals surface area contributed by atoms with Gasteiger partial charge in [-0.3, -0.25) is 0 Å². The molecule has 0 radical (unpaired) electrons. The lowest BCUT2D eigenvalue weighted by molar-refractivity contribution is 0.0698. The molecule has 0 saturated carbocycles. The highest BCUT2D eigenvalue weighted by Gasteiger charge is 2.23. The maximum atomic E-state index is 12.2. The van der Waals surface area contributed by atoms with Crippen molar-refractivity contribution < 1.29 is 18.3 Å². The summed E-state index contributed by atoms with van der Waals surface area (Å²) in [5, 5.41) is 8.92. The summed E-state index contributed by atoms with van der Waals surface area (Å²) in [6.07, 6.45) is 0. The van der Waals surface area contributed by atoms with Crippen LogP contribution in [0.3, 0.4) is 0 Å². The lowest BCUT2D eigenvalue weighted by Gasteiger charge is -2.18. The van der Waals surface area contributed by atoms with Gasteiger partial charge >= 0.3 is 5.97 Å². The Bertz CT molecular complexity index is 550. The molecule has 6 nitrogen and oxygen atoms in total. The van der Waals surface area contributed by atoms with E-state index < -0.39 is 16.0 Å². The predicted octanol–water partition coefficient (Wildman–Crippen LogP) is 0.998. The Morgan fingerprint density at radius 1 is 1.33 bits per heavy atom. The molecule has 0 fully saturated rings. The zero-order valence-corrected chi connectivity index (χ0v) is 11.1. The molecule has 0 spiro atoms. The van der Waals surface area contributed by atoms with Crippen molar-refractivity contribution in [2.75, 3.05) is 18.8 Å². The Labute approximate surface area is 106 Å². The van der Waals surface area contributed by atoms with Gasteiger partial charge in [0.25, 0.3) is 0 Å². The van der Waals surface area contributed by atoms with Crippen molar-refractivity contribution >= 4 is 21.7 Å². The van der Waals surface area contributed by atoms with E-state index in [4.69, 9.17) is 10.8 Å². The van der Waals surface area contributed by atoms with E-state index in [0.29, 0.717) is 13.1 Å². The van der Waals surface area contributed by atoms with Crippen LogP contribution in [0.1, 0.15) is 24.2 Å². The first kappa shape index (κ1) is 14.5. The topological polar surface area (TPSA) is 101 Å². The summed E-state index contributed by atoms with van der Waals surface area (Å²) in [6.45, 7) is 4.09. The lowest BCUT2D eigenvalue weighted by Crippen LogP contribution is -2.30. The second-order valence-electron chi connectivity index (χ2n) is 3.64. The highest BCUT2D eigenvalue weighted by Crippen LogP contribution is 2.21. The van der Waals surface area contributed by atoms with Gasteiger partial charge in [-0.05, 0) is 18.2 Å². The molecule has 3 N–H and O–H groups in total. The third-order valence-electron chi connectivity index (χ3n) is 2.60. The Balaban J connectivity index is 3.34. The van der Waals surface area contributed by atoms with Crippen LogP contribution in [0.25, 0.3) is 0 Å². The van der Waals surface area contributed by atoms with Gasteiger partial charge in [-0.2, -0.15) is 4.31 Å². The third kappa shape index (κ3) is 2.62. The molecule has 100 valence electrons. The zero-order chi connectivity index (χ0) is 13.9. The van der Waals surface area contributed by atoms with Crippen LogP contribution in [0.15, 0.2) is 23.1 Å². The van der Waals surface area contributed by atoms with Gasteiger partial charge in [0.15, 0.2) is 0 Å². The molecule has 0 aromatic heterocycles. The van der Waals surface area contributed by atoms with E-state index in [1.165, 1.54) is 16.4 Å². The van der Waals surface area contributed by atoms with E-state index in [9.17, 15) is 13.2 Å². The Kier molecular flexibility index (Phi) is 4.31. The smallest absolute Gasteiger partial charge is 0.337 e. The van der Waals surface area contributed by atoms with Gasteiger partial charge in [-0.25, -0.2) is 13.2 Å². The molecule has 0 bridgehead atoms. The number of rotatable bonds is 5. The van der Waals surface area contributed by atoms with Crippen LogP contribution in [0.2, 0.25) is 0 Å². The van der Waals surface area contributed by atoms with Crippen LogP contribution in [0, 0.1) is 0 Å². The van der Waals surface area contributed by atoms with Crippen molar-refractivity contribution in [1.82, 2.24) is 4.31 Å². The van der Waals surface area contributed by atoms with Gasteiger partial charge in [0.2, 0.25) is 10.0 Å². The molecule has 0 aliphatic carbocycles. The molecule has 0 aliphatic rings. The number of nitrogens with two attached hydrogens (primary N) is 1. The molecular weight excluding hydrogens is 256 g/mol. The fraction of sp³-hybridized carbons (Fsp3) is 0.364. The first-order chi connectivity index (χ1) is 8.34. The van der Waals surface area contributed by atoms with E-state index in [0.717, 1.165) is 6.07 Å². The maximum absolute atomic E-state index is 12.2. The summed E-state index contributed by atoms with van der Waals surface area (Å²) < 4.78 is 25.6. The second kappa shape index (κ2) is 5.36. The number of carbonyl (C=O) groups is 1. The van der Waals surface area contributed by atoms with E-state index in [1.807, 2.05) is 0 Å². The summed E-state index contributed by atoms with van der Waals surface area (Å²) in [7, 11) is -3.66. The quantitative estimate of drug-likeness (QED) is 0.779. The van der Waals surface area contributed by atoms with Crippen LogP contribution >= 0.6 is 0 Å². The summed E-state index contributed by atoms with van der Waals surface area (Å²) >= 11 is 0. The van der Waals surface area contributed by atoms with Gasteiger partial charge in [0.1, 0.15) is 0 Å². The molecule has 0 unspecified atom stereocenters. The van der Waals surface area contributed by atoms with Gasteiger partial charge in [-0.15, -0.1) is 0 Å². The van der Waals surface area contributed by atoms with Crippen LogP contribution < -0.4 is 5.73 Å². The molecule has 0 heterocycles. The fourth-order valence-electron chi connectivity index (χ4n) is 1.59. The summed E-state index contributed by atoms with van der Waals surface area (Å²) in [4.78, 5) is 10.9. The van der Waals surface area contributed by atoms with Gasteiger partial charge < -0.3 is 10.8 Å². The van der Waals surface area contributed by atoms with Crippen LogP contribution in [-0.4, -0.2) is 36.9 Å². The standard InChI is InChI=1S/C11H16N2O4S/c1-3-13(4-2)18(16,17)8-5-6-10(12)9(7-8)11(14)15/h5-7H,3-4,12H2,1-2H3,(H,14,15). The summed E-state index contributed by atoms with van der Waals surface area (Å²) in [6, 6.07) is 3.70. The van der Waals surface area contributed by atoms with E-state index in [-0.39, 0.29) is 16.1 Å². The van der Waals surface area contributed by atoms with Crippen LogP contribution in [-0.2, 0) is 10.0 Å². The highest BCUT2D eigenvalue weighted by atomic mass is 32.2. The number of aromatic carboxylic acids is 1. The number of nitrogen functional groups attached to an aromatic ring is 1. The van der Waals surface area contributed by atoms with Gasteiger partial charge in [0, 0.05) is 18.8 Å². The number of benzene rings is 1. The second-order valence-corrected chi connectivity index (χ2v) is 5.58. The number of hydrogen-bond donors (Lipinski definition) is 2. The molecule has 0 atom stereocenters. The average molecular weight is 272 g/mol. The maximum Gasteiger partial charge on any atom is 0.337 e. The SMILES string of the molecule is CCN(CC)S(=O)(=O)c1ccc(N)c(C(=O)O)c1. The lowest BCUT2D eigenvalue weighted by atomic mass is 10.2. The van der Waals surface area contributed by atoms with Crippen LogP contribution in [0.5, 0.6) is 0 Å². The van der Waals surface area contributed by atoms with Crippen LogP contribution in [0.4, 0.5) is 5.69 Å². The van der Waals surface area contributed by atoms with Crippen molar-refractivity contribution in [3.05, 3.63) is 23.8 Å². The third-order valence-corrected chi connectivity index (χ3v) is 4.64. The van der Waals surface area contributed by atoms with Crippen molar-refractivity contribution in [3.63, 3.8) is 0 Å². The van der Waals surface area contributed by atoms with E-state index >= 15 is 0 Å². The molecule has 0 aliphatic heterocycles. The van der Waals surface area contributed by atoms with Crippen molar-refractivity contribution in [2.24, 2.45) is 0 Å². The minimum absolute atomic E-state index is 0.0426. The van der Waals surface area contributed by atoms with E-state index in [1.54, 1.807) is 13.8 Å². The van der Waals surface area contributed by atoms with Crippen molar-refractivity contribution in [1.29, 1.82) is 0 Å². The summed E-state index contributed by atoms with van der Waals surface area (Å²) in [5.41, 5.74) is 5.32. The molecule has 0 amide bonds. The highest BCUT2D eigenvalue weighted by molar-refractivity contribution is 7.89. The number of sulfonamides is 1. The van der Waals surface area contributed by atoms with E-state index in [2.05, 4.69) is 0 Å². The largest absolute Gasteiger partial charge is 0.478 e. The number of carboxylic acid groups (broad SMARTS) is 1. The normalized spacial score (nSPS) is 11.7. The number of nitrogens with zero attached hydrogens (tertiary/aromatic N) is 1. The monoisotopic (exact) mass is 272 g/mol. The minimum atomic E-state index is -3.66. The van der Waals surface area contributed by atoms with Crippen molar-refractivity contribution in [2.45, 2.75) is 18.7 Å². The Morgan fingerprint density at radius 3 is 2.33 bits per heavy atom. The molecule has 7 heteroatoms. The first-order valence-electron chi connectivity index (χ1n) is 5.47. The molecule has 1 aromatic rings. The Morgan fingerprint density at radius 2 is 1.89 bits per heavy atom. The minimum Gasteiger partial charge on any atom is -0.478 e. The first-order valence-corrected chi connectivity index (χ1v) is 6.91. The average Bonchev–Trinajstić information content (AvgIpc) is 2.30. The zero-order valence-electron chi connectivity index (χ0n) is 10.3. The predicted molar refractivity (Wildman–Crippen MR) is 67.9 cm³/mol. The number of carboxylic acids is 1. The number of anilines is 1. The molecule has 1 aromatic carbocycles. The molecule has 0 saturated heterocycles. The van der Waals surface area contributed by atoms with Gasteiger partial charge in [0.05, 0.1) is 10.5 Å². The molecular formula is C11H16N2O4S. The van der Waals surface area contributed by atoms with Crippen molar-refractivity contribution in [3.8, 4) is 0 Å².